The molecule has 0 saturated heterocycles. The molecule has 0 spiro atoms. The maximum Gasteiger partial charge on any atom is 0.259 e. The smallest absolute Gasteiger partial charge is 0.259 e. The molecule has 2 N–H and O–H groups in total. The van der Waals surface area contributed by atoms with Crippen molar-refractivity contribution in [3.8, 4) is 5.75 Å². The summed E-state index contributed by atoms with van der Waals surface area (Å²) in [6, 6.07) is 0. The predicted molar refractivity (Wildman–Crippen MR) is 37.2 cm³/mol. The zero-order valence-electron chi connectivity index (χ0n) is 5.09. The van der Waals surface area contributed by atoms with E-state index in [4.69, 9.17) is 10.5 Å². The molecule has 0 fully saturated rings. The summed E-state index contributed by atoms with van der Waals surface area (Å²) in [5.41, 5.74) is 6.05. The van der Waals surface area contributed by atoms with Crippen molar-refractivity contribution >= 4 is 17.2 Å². The van der Waals surface area contributed by atoms with Crippen molar-refractivity contribution in [1.82, 2.24) is 0 Å². The topological polar surface area (TPSA) is 52.3 Å². The summed E-state index contributed by atoms with van der Waals surface area (Å²) < 4.78 is 5.01. The van der Waals surface area contributed by atoms with E-state index in [1.165, 1.54) is 11.3 Å². The Labute approximate surface area is 61.4 Å². The Hall–Kier alpha value is -1.03. The summed E-state index contributed by atoms with van der Waals surface area (Å²) in [5, 5.41) is 1.80. The van der Waals surface area contributed by atoms with Crippen LogP contribution in [0.15, 0.2) is 5.38 Å². The molecule has 3 nitrogen and oxygen atoms in total. The third-order valence-corrected chi connectivity index (χ3v) is 2.47. The van der Waals surface area contributed by atoms with Gasteiger partial charge in [-0.2, -0.15) is 0 Å². The minimum Gasteiger partial charge on any atom is -0.487 e. The minimum absolute atomic E-state index is 0.352. The molecule has 10 heavy (non-hydrogen) atoms. The fraction of sp³-hybridized carbons (Fsp3) is 0.167. The largest absolute Gasteiger partial charge is 0.487 e. The van der Waals surface area contributed by atoms with Crippen molar-refractivity contribution < 1.29 is 9.53 Å². The Morgan fingerprint density at radius 3 is 2.90 bits per heavy atom. The van der Waals surface area contributed by atoms with Crippen LogP contribution in [0, 0.1) is 0 Å². The van der Waals surface area contributed by atoms with E-state index in [0.29, 0.717) is 11.5 Å². The van der Waals surface area contributed by atoms with Crippen LogP contribution in [0.3, 0.4) is 0 Å². The first-order valence-corrected chi connectivity index (χ1v) is 3.70. The number of thiophene rings is 1. The number of ether oxygens (including phenoxy) is 1. The van der Waals surface area contributed by atoms with Gasteiger partial charge in [0.15, 0.2) is 0 Å². The highest BCUT2D eigenvalue weighted by Gasteiger charge is 2.23. The molecular weight excluding hydrogens is 150 g/mol. The Kier molecular flexibility index (Phi) is 0.990. The van der Waals surface area contributed by atoms with Crippen molar-refractivity contribution in [2.75, 3.05) is 0 Å². The number of fused-ring (bicyclic) bond motifs is 1. The molecule has 0 aromatic carbocycles. The number of hydrogen-bond donors (Lipinski definition) is 1. The zero-order chi connectivity index (χ0) is 7.14. The molecule has 1 amide bonds. The van der Waals surface area contributed by atoms with E-state index in [1.54, 1.807) is 5.38 Å². The second kappa shape index (κ2) is 1.73. The minimum atomic E-state index is -0.352. The Morgan fingerprint density at radius 1 is 1.80 bits per heavy atom. The third kappa shape index (κ3) is 0.565. The van der Waals surface area contributed by atoms with Crippen LogP contribution < -0.4 is 10.5 Å². The lowest BCUT2D eigenvalue weighted by Gasteiger charge is -2.15. The van der Waals surface area contributed by atoms with Crippen LogP contribution in [0.1, 0.15) is 15.2 Å². The number of amides is 1. The van der Waals surface area contributed by atoms with Gasteiger partial charge in [-0.15, -0.1) is 11.3 Å². The summed E-state index contributed by atoms with van der Waals surface area (Å²) in [4.78, 5) is 11.3. The summed E-state index contributed by atoms with van der Waals surface area (Å²) in [7, 11) is 0. The van der Waals surface area contributed by atoms with E-state index in [-0.39, 0.29) is 5.91 Å². The van der Waals surface area contributed by atoms with Crippen molar-refractivity contribution in [2.45, 2.75) is 6.61 Å². The number of hydrogen-bond acceptors (Lipinski definition) is 3. The second-order valence-electron chi connectivity index (χ2n) is 2.06. The molecule has 52 valence electrons. The van der Waals surface area contributed by atoms with E-state index < -0.39 is 0 Å². The van der Waals surface area contributed by atoms with Gasteiger partial charge in [0.1, 0.15) is 17.2 Å². The summed E-state index contributed by atoms with van der Waals surface area (Å²) in [6.07, 6.45) is 0. The Balaban J connectivity index is 2.52. The van der Waals surface area contributed by atoms with Gasteiger partial charge < -0.3 is 10.5 Å². The lowest BCUT2D eigenvalue weighted by molar-refractivity contribution is 0.0999. The van der Waals surface area contributed by atoms with Gasteiger partial charge in [0.2, 0.25) is 0 Å². The summed E-state index contributed by atoms with van der Waals surface area (Å²) in [6.45, 7) is 0.539. The molecular formula is C6H5NO2S. The molecule has 0 radical (unpaired) electrons. The highest BCUT2D eigenvalue weighted by Crippen LogP contribution is 2.36. The van der Waals surface area contributed by atoms with Gasteiger partial charge >= 0.3 is 0 Å². The SMILES string of the molecule is NC(=O)c1scc2c1CO2. The highest BCUT2D eigenvalue weighted by atomic mass is 32.1. The number of carbonyl (C=O) groups is 1. The average molecular weight is 155 g/mol. The summed E-state index contributed by atoms with van der Waals surface area (Å²) in [5.74, 6) is 0.466. The van der Waals surface area contributed by atoms with E-state index >= 15 is 0 Å². The van der Waals surface area contributed by atoms with Crippen molar-refractivity contribution in [3.05, 3.63) is 15.8 Å². The van der Waals surface area contributed by atoms with Crippen molar-refractivity contribution in [3.63, 3.8) is 0 Å². The monoisotopic (exact) mass is 155 g/mol. The first-order chi connectivity index (χ1) is 4.79. The zero-order valence-corrected chi connectivity index (χ0v) is 5.90. The van der Waals surface area contributed by atoms with Crippen LogP contribution in [-0.4, -0.2) is 5.91 Å². The fourth-order valence-corrected chi connectivity index (χ4v) is 1.75. The van der Waals surface area contributed by atoms with Crippen LogP contribution in [0.5, 0.6) is 5.75 Å². The van der Waals surface area contributed by atoms with Crippen LogP contribution in [-0.2, 0) is 6.61 Å². The van der Waals surface area contributed by atoms with Gasteiger partial charge in [-0.3, -0.25) is 4.79 Å². The van der Waals surface area contributed by atoms with Gasteiger partial charge in [0.25, 0.3) is 5.91 Å². The first-order valence-electron chi connectivity index (χ1n) is 2.82. The van der Waals surface area contributed by atoms with Gasteiger partial charge in [0.05, 0.1) is 5.56 Å². The number of carbonyl (C=O) groups excluding carboxylic acids is 1. The molecule has 1 aromatic heterocycles. The van der Waals surface area contributed by atoms with Gasteiger partial charge in [0, 0.05) is 5.38 Å². The van der Waals surface area contributed by atoms with Crippen LogP contribution in [0.2, 0.25) is 0 Å². The average Bonchev–Trinajstić information content (AvgIpc) is 2.07. The number of rotatable bonds is 1. The molecule has 2 heterocycles. The van der Waals surface area contributed by atoms with Crippen molar-refractivity contribution in [1.29, 1.82) is 0 Å². The maximum absolute atomic E-state index is 10.6. The molecule has 1 aliphatic heterocycles. The predicted octanol–water partition coefficient (Wildman–Crippen LogP) is 0.739. The Morgan fingerprint density at radius 2 is 2.60 bits per heavy atom. The molecule has 0 bridgehead atoms. The van der Waals surface area contributed by atoms with E-state index in [9.17, 15) is 4.79 Å². The lowest BCUT2D eigenvalue weighted by Crippen LogP contribution is -2.16. The Bertz CT molecular complexity index is 292. The van der Waals surface area contributed by atoms with E-state index in [2.05, 4.69) is 0 Å². The summed E-state index contributed by atoms with van der Waals surface area (Å²) >= 11 is 1.35. The van der Waals surface area contributed by atoms with Gasteiger partial charge in [-0.1, -0.05) is 0 Å². The highest BCUT2D eigenvalue weighted by molar-refractivity contribution is 7.12. The normalized spacial score (nSPS) is 13.2. The standard InChI is InChI=1S/C6H5NO2S/c7-6(8)5-3-1-9-4(3)2-10-5/h2H,1H2,(H2,7,8). The van der Waals surface area contributed by atoms with E-state index in [0.717, 1.165) is 11.3 Å². The number of primary amides is 1. The second-order valence-corrected chi connectivity index (χ2v) is 2.94. The molecule has 0 unspecified atom stereocenters. The fourth-order valence-electron chi connectivity index (χ4n) is 0.901. The van der Waals surface area contributed by atoms with Gasteiger partial charge in [-0.25, -0.2) is 0 Å². The molecule has 0 aliphatic carbocycles. The lowest BCUT2D eigenvalue weighted by atomic mass is 10.2. The third-order valence-electron chi connectivity index (χ3n) is 1.45. The molecule has 4 heteroatoms. The number of nitrogens with two attached hydrogens (primary N) is 1. The molecule has 0 atom stereocenters. The maximum atomic E-state index is 10.6. The van der Waals surface area contributed by atoms with Crippen molar-refractivity contribution in [2.24, 2.45) is 5.73 Å². The molecule has 1 aromatic rings. The molecule has 2 rings (SSSR count). The first kappa shape index (κ1) is 5.73. The quantitative estimate of drug-likeness (QED) is 0.650. The molecule has 0 saturated carbocycles. The van der Waals surface area contributed by atoms with Gasteiger partial charge in [-0.05, 0) is 0 Å². The van der Waals surface area contributed by atoms with Crippen LogP contribution in [0.25, 0.3) is 0 Å². The van der Waals surface area contributed by atoms with E-state index in [1.807, 2.05) is 0 Å². The van der Waals surface area contributed by atoms with Crippen LogP contribution in [0.4, 0.5) is 0 Å². The van der Waals surface area contributed by atoms with Crippen LogP contribution >= 0.6 is 11.3 Å². The molecule has 1 aliphatic rings.